The highest BCUT2D eigenvalue weighted by Gasteiger charge is 2.22. The van der Waals surface area contributed by atoms with Crippen molar-refractivity contribution < 1.29 is 19.4 Å². The lowest BCUT2D eigenvalue weighted by Gasteiger charge is -2.19. The second-order valence-corrected chi connectivity index (χ2v) is 8.57. The van der Waals surface area contributed by atoms with Crippen LogP contribution in [0.4, 0.5) is 0 Å². The van der Waals surface area contributed by atoms with Crippen molar-refractivity contribution in [2.45, 2.75) is 59.9 Å². The van der Waals surface area contributed by atoms with Gasteiger partial charge < -0.3 is 14.7 Å². The fourth-order valence-electron chi connectivity index (χ4n) is 3.29. The Morgan fingerprint density at radius 2 is 1.70 bits per heavy atom. The maximum absolute atomic E-state index is 12.6. The van der Waals surface area contributed by atoms with Crippen LogP contribution in [0.25, 0.3) is 0 Å². The Balaban J connectivity index is 2.10. The molecule has 0 radical (unpaired) electrons. The molecule has 2 aromatic rings. The SMILES string of the molecule is Cc1ccc(CN(C)C(=O)COC(=O)c2cc(C(C)C)cc(C(C)C)c2O)c(C)c1. The number of aromatic hydroxyl groups is 1. The zero-order valence-electron chi connectivity index (χ0n) is 19.1. The fourth-order valence-corrected chi connectivity index (χ4v) is 3.29. The number of carbonyl (C=O) groups is 2. The number of esters is 1. The van der Waals surface area contributed by atoms with Crippen LogP contribution in [0.5, 0.6) is 5.75 Å². The Labute approximate surface area is 179 Å². The van der Waals surface area contributed by atoms with Crippen LogP contribution in [0.1, 0.15) is 77.7 Å². The average molecular weight is 412 g/mol. The van der Waals surface area contributed by atoms with Crippen molar-refractivity contribution in [3.8, 4) is 5.75 Å². The van der Waals surface area contributed by atoms with Crippen LogP contribution >= 0.6 is 0 Å². The summed E-state index contributed by atoms with van der Waals surface area (Å²) in [4.78, 5) is 26.7. The van der Waals surface area contributed by atoms with Gasteiger partial charge in [0.2, 0.25) is 0 Å². The van der Waals surface area contributed by atoms with Gasteiger partial charge in [0, 0.05) is 13.6 Å². The van der Waals surface area contributed by atoms with Gasteiger partial charge in [0.05, 0.1) is 0 Å². The number of ether oxygens (including phenoxy) is 1. The predicted octanol–water partition coefficient (Wildman–Crippen LogP) is 5.07. The van der Waals surface area contributed by atoms with Crippen LogP contribution < -0.4 is 0 Å². The highest BCUT2D eigenvalue weighted by atomic mass is 16.5. The highest BCUT2D eigenvalue weighted by Crippen LogP contribution is 2.33. The largest absolute Gasteiger partial charge is 0.507 e. The van der Waals surface area contributed by atoms with Crippen molar-refractivity contribution in [3.05, 3.63) is 63.7 Å². The summed E-state index contributed by atoms with van der Waals surface area (Å²) >= 11 is 0. The summed E-state index contributed by atoms with van der Waals surface area (Å²) in [7, 11) is 1.68. The molecule has 0 unspecified atom stereocenters. The lowest BCUT2D eigenvalue weighted by atomic mass is 9.92. The Kier molecular flexibility index (Phi) is 7.65. The van der Waals surface area contributed by atoms with Gasteiger partial charge in [-0.3, -0.25) is 4.79 Å². The van der Waals surface area contributed by atoms with E-state index in [2.05, 4.69) is 6.07 Å². The van der Waals surface area contributed by atoms with Gasteiger partial charge in [0.1, 0.15) is 11.3 Å². The van der Waals surface area contributed by atoms with Crippen LogP contribution in [0, 0.1) is 13.8 Å². The lowest BCUT2D eigenvalue weighted by Crippen LogP contribution is -2.31. The van der Waals surface area contributed by atoms with E-state index in [-0.39, 0.29) is 35.7 Å². The Morgan fingerprint density at radius 1 is 1.03 bits per heavy atom. The normalized spacial score (nSPS) is 11.1. The van der Waals surface area contributed by atoms with E-state index in [1.165, 1.54) is 10.5 Å². The number of phenols is 1. The minimum atomic E-state index is -0.690. The zero-order chi connectivity index (χ0) is 22.6. The van der Waals surface area contributed by atoms with Crippen LogP contribution in [-0.4, -0.2) is 35.5 Å². The lowest BCUT2D eigenvalue weighted by molar-refractivity contribution is -0.133. The number of hydrogen-bond donors (Lipinski definition) is 1. The van der Waals surface area contributed by atoms with E-state index in [1.807, 2.05) is 59.7 Å². The minimum absolute atomic E-state index is 0.0563. The van der Waals surface area contributed by atoms with Gasteiger partial charge >= 0.3 is 5.97 Å². The molecule has 0 aliphatic rings. The fraction of sp³-hybridized carbons (Fsp3) is 0.440. The quantitative estimate of drug-likeness (QED) is 0.646. The van der Waals surface area contributed by atoms with Gasteiger partial charge in [-0.25, -0.2) is 4.79 Å². The van der Waals surface area contributed by atoms with Gasteiger partial charge in [-0.2, -0.15) is 0 Å². The molecular formula is C25H33NO4. The number of nitrogens with zero attached hydrogens (tertiary/aromatic N) is 1. The summed E-state index contributed by atoms with van der Waals surface area (Å²) in [6, 6.07) is 9.66. The van der Waals surface area contributed by atoms with E-state index >= 15 is 0 Å². The molecule has 0 saturated carbocycles. The first-order chi connectivity index (χ1) is 14.0. The van der Waals surface area contributed by atoms with Crippen LogP contribution in [0.3, 0.4) is 0 Å². The molecule has 1 amide bonds. The van der Waals surface area contributed by atoms with Crippen molar-refractivity contribution in [1.82, 2.24) is 4.90 Å². The molecule has 0 aromatic heterocycles. The van der Waals surface area contributed by atoms with Crippen molar-refractivity contribution in [2.75, 3.05) is 13.7 Å². The third kappa shape index (κ3) is 5.62. The van der Waals surface area contributed by atoms with Crippen LogP contribution in [0.15, 0.2) is 30.3 Å². The molecule has 0 saturated heterocycles. The number of amides is 1. The van der Waals surface area contributed by atoms with Crippen molar-refractivity contribution in [3.63, 3.8) is 0 Å². The minimum Gasteiger partial charge on any atom is -0.507 e. The van der Waals surface area contributed by atoms with E-state index in [9.17, 15) is 14.7 Å². The van der Waals surface area contributed by atoms with Gasteiger partial charge in [-0.05, 0) is 54.0 Å². The smallest absolute Gasteiger partial charge is 0.342 e. The highest BCUT2D eigenvalue weighted by molar-refractivity contribution is 5.94. The third-order valence-corrected chi connectivity index (χ3v) is 5.33. The first-order valence-electron chi connectivity index (χ1n) is 10.3. The molecule has 5 nitrogen and oxygen atoms in total. The van der Waals surface area contributed by atoms with E-state index in [0.717, 1.165) is 16.7 Å². The second-order valence-electron chi connectivity index (χ2n) is 8.57. The molecule has 2 aromatic carbocycles. The molecule has 30 heavy (non-hydrogen) atoms. The van der Waals surface area contributed by atoms with Crippen molar-refractivity contribution in [1.29, 1.82) is 0 Å². The number of benzene rings is 2. The number of phenolic OH excluding ortho intramolecular Hbond substituents is 1. The maximum atomic E-state index is 12.6. The molecule has 1 N–H and O–H groups in total. The number of hydrogen-bond acceptors (Lipinski definition) is 4. The van der Waals surface area contributed by atoms with E-state index in [0.29, 0.717) is 12.1 Å². The summed E-state index contributed by atoms with van der Waals surface area (Å²) in [5.74, 6) is -0.812. The molecule has 2 rings (SSSR count). The van der Waals surface area contributed by atoms with E-state index in [4.69, 9.17) is 4.74 Å². The van der Waals surface area contributed by atoms with Gasteiger partial charge in [0.15, 0.2) is 6.61 Å². The molecule has 0 bridgehead atoms. The van der Waals surface area contributed by atoms with E-state index in [1.54, 1.807) is 13.1 Å². The molecule has 0 aliphatic heterocycles. The Bertz CT molecular complexity index is 931. The molecule has 0 aliphatic carbocycles. The standard InChI is InChI=1S/C25H33NO4/c1-15(2)20-11-21(16(3)4)24(28)22(12-20)25(29)30-14-23(27)26(7)13-19-9-8-17(5)10-18(19)6/h8-12,15-16,28H,13-14H2,1-7H3. The number of aryl methyl sites for hydroxylation is 2. The maximum Gasteiger partial charge on any atom is 0.342 e. The van der Waals surface area contributed by atoms with Gasteiger partial charge in [-0.1, -0.05) is 57.5 Å². The molecule has 5 heteroatoms. The Hall–Kier alpha value is -2.82. The Morgan fingerprint density at radius 3 is 2.27 bits per heavy atom. The zero-order valence-corrected chi connectivity index (χ0v) is 19.1. The topological polar surface area (TPSA) is 66.8 Å². The van der Waals surface area contributed by atoms with E-state index < -0.39 is 5.97 Å². The second kappa shape index (κ2) is 9.79. The number of rotatable bonds is 7. The third-order valence-electron chi connectivity index (χ3n) is 5.33. The molecule has 0 heterocycles. The number of carbonyl (C=O) groups excluding carboxylic acids is 2. The van der Waals surface area contributed by atoms with Crippen LogP contribution in [0.2, 0.25) is 0 Å². The van der Waals surface area contributed by atoms with Crippen molar-refractivity contribution >= 4 is 11.9 Å². The van der Waals surface area contributed by atoms with Crippen LogP contribution in [-0.2, 0) is 16.1 Å². The average Bonchev–Trinajstić information content (AvgIpc) is 2.67. The summed E-state index contributed by atoms with van der Waals surface area (Å²) in [5, 5.41) is 10.6. The first kappa shape index (κ1) is 23.5. The monoisotopic (exact) mass is 411 g/mol. The molecule has 0 fully saturated rings. The summed E-state index contributed by atoms with van der Waals surface area (Å²) in [6.07, 6.45) is 0. The predicted molar refractivity (Wildman–Crippen MR) is 119 cm³/mol. The number of likely N-dealkylation sites (N-methyl/N-ethyl adjacent to an activating group) is 1. The van der Waals surface area contributed by atoms with Gasteiger partial charge in [-0.15, -0.1) is 0 Å². The first-order valence-corrected chi connectivity index (χ1v) is 10.3. The summed E-state index contributed by atoms with van der Waals surface area (Å²) in [6.45, 7) is 12.1. The summed E-state index contributed by atoms with van der Waals surface area (Å²) < 4.78 is 5.26. The summed E-state index contributed by atoms with van der Waals surface area (Å²) in [5.41, 5.74) is 5.08. The molecule has 162 valence electrons. The molecule has 0 spiro atoms. The molecule has 0 atom stereocenters. The molecular weight excluding hydrogens is 378 g/mol. The van der Waals surface area contributed by atoms with Crippen molar-refractivity contribution in [2.24, 2.45) is 0 Å². The van der Waals surface area contributed by atoms with Gasteiger partial charge in [0.25, 0.3) is 5.91 Å².